The van der Waals surface area contributed by atoms with Crippen LogP contribution in [0.1, 0.15) is 16.8 Å². The zero-order valence-corrected chi connectivity index (χ0v) is 14.5. The molecule has 0 saturated heterocycles. The predicted octanol–water partition coefficient (Wildman–Crippen LogP) is 3.95. The van der Waals surface area contributed by atoms with Gasteiger partial charge in [-0.3, -0.25) is 9.88 Å². The van der Waals surface area contributed by atoms with Gasteiger partial charge in [-0.2, -0.15) is 0 Å². The summed E-state index contributed by atoms with van der Waals surface area (Å²) in [5.41, 5.74) is 10.5. The Hall–Kier alpha value is -2.65. The van der Waals surface area contributed by atoms with Crippen molar-refractivity contribution in [2.45, 2.75) is 19.4 Å². The molecule has 25 heavy (non-hydrogen) atoms. The third-order valence-electron chi connectivity index (χ3n) is 4.33. The molecule has 2 N–H and O–H groups in total. The van der Waals surface area contributed by atoms with Crippen LogP contribution in [0.4, 0.5) is 5.69 Å². The van der Waals surface area contributed by atoms with Crippen molar-refractivity contribution in [2.24, 2.45) is 0 Å². The lowest BCUT2D eigenvalue weighted by Gasteiger charge is -2.22. The first-order chi connectivity index (χ1) is 12.3. The molecule has 0 atom stereocenters. The van der Waals surface area contributed by atoms with Gasteiger partial charge in [0.1, 0.15) is 0 Å². The molecule has 0 bridgehead atoms. The van der Waals surface area contributed by atoms with E-state index >= 15 is 0 Å². The minimum absolute atomic E-state index is 0.834. The molecule has 0 saturated carbocycles. The molecule has 0 spiro atoms. The van der Waals surface area contributed by atoms with E-state index in [1.165, 1.54) is 11.1 Å². The normalized spacial score (nSPS) is 10.9. The van der Waals surface area contributed by atoms with Gasteiger partial charge >= 0.3 is 0 Å². The maximum absolute atomic E-state index is 5.90. The minimum Gasteiger partial charge on any atom is -0.399 e. The first kappa shape index (κ1) is 17.2. The minimum atomic E-state index is 0.834. The van der Waals surface area contributed by atoms with Gasteiger partial charge in [0.15, 0.2) is 0 Å². The van der Waals surface area contributed by atoms with Gasteiger partial charge in [0.2, 0.25) is 0 Å². The average Bonchev–Trinajstić information content (AvgIpc) is 2.66. The summed E-state index contributed by atoms with van der Waals surface area (Å²) in [7, 11) is 0. The van der Waals surface area contributed by atoms with E-state index < -0.39 is 0 Å². The summed E-state index contributed by atoms with van der Waals surface area (Å²) in [5.74, 6) is 0. The molecule has 0 fully saturated rings. The Kier molecular flexibility index (Phi) is 6.18. The summed E-state index contributed by atoms with van der Waals surface area (Å²) in [4.78, 5) is 6.94. The van der Waals surface area contributed by atoms with E-state index in [4.69, 9.17) is 5.73 Å². The lowest BCUT2D eigenvalue weighted by molar-refractivity contribution is 0.271. The van der Waals surface area contributed by atoms with Crippen LogP contribution in [0.25, 0.3) is 0 Å². The number of nitrogens with two attached hydrogens (primary N) is 1. The smallest absolute Gasteiger partial charge is 0.0416 e. The maximum atomic E-state index is 5.90. The van der Waals surface area contributed by atoms with Gasteiger partial charge in [-0.05, 0) is 41.8 Å². The molecule has 3 aromatic rings. The van der Waals surface area contributed by atoms with E-state index in [0.717, 1.165) is 43.9 Å². The molecule has 3 nitrogen and oxygen atoms in total. The SMILES string of the molecule is Nc1cccc(CCN(CCc2ccccn2)Cc2ccccc2)c1. The van der Waals surface area contributed by atoms with Gasteiger partial charge in [0.05, 0.1) is 0 Å². The van der Waals surface area contributed by atoms with Gasteiger partial charge in [-0.15, -0.1) is 0 Å². The van der Waals surface area contributed by atoms with Gasteiger partial charge in [0, 0.05) is 43.6 Å². The number of pyridine rings is 1. The van der Waals surface area contributed by atoms with Crippen molar-refractivity contribution in [1.29, 1.82) is 0 Å². The molecule has 3 rings (SSSR count). The first-order valence-corrected chi connectivity index (χ1v) is 8.80. The lowest BCUT2D eigenvalue weighted by atomic mass is 10.1. The number of rotatable bonds is 8. The summed E-state index contributed by atoms with van der Waals surface area (Å²) in [5, 5.41) is 0. The van der Waals surface area contributed by atoms with Crippen molar-refractivity contribution in [2.75, 3.05) is 18.8 Å². The largest absolute Gasteiger partial charge is 0.399 e. The van der Waals surface area contributed by atoms with Crippen molar-refractivity contribution < 1.29 is 0 Å². The zero-order valence-electron chi connectivity index (χ0n) is 14.5. The second-order valence-corrected chi connectivity index (χ2v) is 6.33. The van der Waals surface area contributed by atoms with Crippen LogP contribution >= 0.6 is 0 Å². The van der Waals surface area contributed by atoms with Crippen molar-refractivity contribution in [3.8, 4) is 0 Å². The third kappa shape index (κ3) is 5.73. The van der Waals surface area contributed by atoms with Crippen molar-refractivity contribution >= 4 is 5.69 Å². The Morgan fingerprint density at radius 3 is 2.28 bits per heavy atom. The molecule has 0 aliphatic carbocycles. The monoisotopic (exact) mass is 331 g/mol. The highest BCUT2D eigenvalue weighted by atomic mass is 15.1. The summed E-state index contributed by atoms with van der Waals surface area (Å²) in [6, 6.07) is 24.9. The van der Waals surface area contributed by atoms with Crippen LogP contribution in [0.2, 0.25) is 0 Å². The second kappa shape index (κ2) is 9.00. The van der Waals surface area contributed by atoms with Gasteiger partial charge in [-0.1, -0.05) is 48.5 Å². The van der Waals surface area contributed by atoms with E-state index in [1.807, 2.05) is 24.4 Å². The van der Waals surface area contributed by atoms with Crippen molar-refractivity contribution in [3.05, 3.63) is 95.8 Å². The average molecular weight is 331 g/mol. The first-order valence-electron chi connectivity index (χ1n) is 8.80. The second-order valence-electron chi connectivity index (χ2n) is 6.33. The number of nitrogens with zero attached hydrogens (tertiary/aromatic N) is 2. The van der Waals surface area contributed by atoms with E-state index in [1.54, 1.807) is 0 Å². The maximum Gasteiger partial charge on any atom is 0.0416 e. The zero-order chi connectivity index (χ0) is 17.3. The highest BCUT2D eigenvalue weighted by Crippen LogP contribution is 2.11. The molecule has 1 heterocycles. The molecular weight excluding hydrogens is 306 g/mol. The fraction of sp³-hybridized carbons (Fsp3) is 0.227. The number of nitrogen functional groups attached to an aromatic ring is 1. The van der Waals surface area contributed by atoms with Gasteiger partial charge in [0.25, 0.3) is 0 Å². The van der Waals surface area contributed by atoms with E-state index in [0.29, 0.717) is 0 Å². The molecule has 2 aromatic carbocycles. The van der Waals surface area contributed by atoms with Gasteiger partial charge < -0.3 is 5.73 Å². The summed E-state index contributed by atoms with van der Waals surface area (Å²) < 4.78 is 0. The Bertz CT molecular complexity index is 756. The Morgan fingerprint density at radius 2 is 1.52 bits per heavy atom. The fourth-order valence-electron chi connectivity index (χ4n) is 2.97. The van der Waals surface area contributed by atoms with Crippen LogP contribution in [0.3, 0.4) is 0 Å². The topological polar surface area (TPSA) is 42.1 Å². The Balaban J connectivity index is 1.63. The summed E-state index contributed by atoms with van der Waals surface area (Å²) >= 11 is 0. The number of benzene rings is 2. The lowest BCUT2D eigenvalue weighted by Crippen LogP contribution is -2.28. The Labute approximate surface area is 150 Å². The molecule has 128 valence electrons. The van der Waals surface area contributed by atoms with E-state index in [2.05, 4.69) is 64.5 Å². The highest BCUT2D eigenvalue weighted by molar-refractivity contribution is 5.40. The summed E-state index contributed by atoms with van der Waals surface area (Å²) in [6.07, 6.45) is 3.83. The van der Waals surface area contributed by atoms with Crippen molar-refractivity contribution in [1.82, 2.24) is 9.88 Å². The standard InChI is InChI=1S/C22H25N3/c23-21-10-6-9-19(17-21)12-15-25(18-20-7-2-1-3-8-20)16-13-22-11-4-5-14-24-22/h1-11,14,17H,12-13,15-16,18,23H2. The van der Waals surface area contributed by atoms with Crippen LogP contribution in [-0.2, 0) is 19.4 Å². The van der Waals surface area contributed by atoms with Crippen LogP contribution < -0.4 is 5.73 Å². The molecular formula is C22H25N3. The number of hydrogen-bond donors (Lipinski definition) is 1. The van der Waals surface area contributed by atoms with Crippen LogP contribution in [0.5, 0.6) is 0 Å². The van der Waals surface area contributed by atoms with Crippen LogP contribution in [0.15, 0.2) is 79.0 Å². The van der Waals surface area contributed by atoms with E-state index in [9.17, 15) is 0 Å². The van der Waals surface area contributed by atoms with E-state index in [-0.39, 0.29) is 0 Å². The number of anilines is 1. The molecule has 0 radical (unpaired) electrons. The number of hydrogen-bond acceptors (Lipinski definition) is 3. The molecule has 0 aliphatic rings. The highest BCUT2D eigenvalue weighted by Gasteiger charge is 2.08. The van der Waals surface area contributed by atoms with Crippen LogP contribution in [0, 0.1) is 0 Å². The predicted molar refractivity (Wildman–Crippen MR) is 104 cm³/mol. The molecule has 0 aliphatic heterocycles. The molecule has 0 amide bonds. The molecule has 3 heteroatoms. The van der Waals surface area contributed by atoms with Crippen LogP contribution in [-0.4, -0.2) is 23.0 Å². The van der Waals surface area contributed by atoms with Gasteiger partial charge in [-0.25, -0.2) is 0 Å². The Morgan fingerprint density at radius 1 is 0.760 bits per heavy atom. The molecule has 1 aromatic heterocycles. The van der Waals surface area contributed by atoms with Crippen molar-refractivity contribution in [3.63, 3.8) is 0 Å². The quantitative estimate of drug-likeness (QED) is 0.636. The summed E-state index contributed by atoms with van der Waals surface area (Å²) in [6.45, 7) is 2.95. The molecule has 0 unspecified atom stereocenters. The number of aromatic nitrogens is 1. The third-order valence-corrected chi connectivity index (χ3v) is 4.33. The fourth-order valence-corrected chi connectivity index (χ4v) is 2.97.